The van der Waals surface area contributed by atoms with Gasteiger partial charge in [0.15, 0.2) is 0 Å². The molecule has 1 unspecified atom stereocenters. The van der Waals surface area contributed by atoms with Crippen LogP contribution in [0.4, 0.5) is 17.6 Å². The lowest BCUT2D eigenvalue weighted by molar-refractivity contribution is -0.153. The maximum Gasteiger partial charge on any atom is 0.430 e. The van der Waals surface area contributed by atoms with Crippen molar-refractivity contribution >= 4 is 12.6 Å². The SMILES string of the molecule is FC([S])C(F)(F)F. The van der Waals surface area contributed by atoms with Crippen molar-refractivity contribution in [2.24, 2.45) is 0 Å². The third-order valence-corrected chi connectivity index (χ3v) is 0.525. The molecule has 0 aliphatic carbocycles. The molecule has 0 saturated carbocycles. The molecule has 0 saturated heterocycles. The van der Waals surface area contributed by atoms with Crippen molar-refractivity contribution in [1.82, 2.24) is 0 Å². The van der Waals surface area contributed by atoms with Crippen molar-refractivity contribution in [3.8, 4) is 0 Å². The van der Waals surface area contributed by atoms with Crippen LogP contribution in [0.15, 0.2) is 0 Å². The van der Waals surface area contributed by atoms with Gasteiger partial charge in [-0.1, -0.05) is 0 Å². The summed E-state index contributed by atoms with van der Waals surface area (Å²) < 4.78 is 43.0. The number of halogens is 4. The van der Waals surface area contributed by atoms with Gasteiger partial charge in [-0.3, -0.25) is 0 Å². The van der Waals surface area contributed by atoms with Gasteiger partial charge >= 0.3 is 6.18 Å². The summed E-state index contributed by atoms with van der Waals surface area (Å²) in [6, 6.07) is 0. The van der Waals surface area contributed by atoms with Crippen LogP contribution < -0.4 is 0 Å². The summed E-state index contributed by atoms with van der Waals surface area (Å²) in [5.41, 5.74) is -3.12. The van der Waals surface area contributed by atoms with Gasteiger partial charge in [0.05, 0.1) is 0 Å². The molecule has 0 nitrogen and oxygen atoms in total. The minimum absolute atomic E-state index is 3.12. The second kappa shape index (κ2) is 1.90. The Balaban J connectivity index is 3.54. The van der Waals surface area contributed by atoms with Crippen molar-refractivity contribution in [3.63, 3.8) is 0 Å². The van der Waals surface area contributed by atoms with Crippen molar-refractivity contribution in [2.75, 3.05) is 0 Å². The molecule has 0 amide bonds. The van der Waals surface area contributed by atoms with Crippen LogP contribution in [0.5, 0.6) is 0 Å². The highest BCUT2D eigenvalue weighted by molar-refractivity contribution is 7.80. The zero-order valence-electron chi connectivity index (χ0n) is 3.00. The lowest BCUT2D eigenvalue weighted by atomic mass is 10.7. The standard InChI is InChI=1S/C2HF4S/c3-1(7)2(4,5)6/h1H. The van der Waals surface area contributed by atoms with Gasteiger partial charge in [0.25, 0.3) is 5.50 Å². The summed E-state index contributed by atoms with van der Waals surface area (Å²) in [4.78, 5) is 0. The molecule has 0 aromatic heterocycles. The maximum absolute atomic E-state index is 10.9. The number of hydrogen-bond acceptors (Lipinski definition) is 0. The molecule has 0 heterocycles. The summed E-state index contributed by atoms with van der Waals surface area (Å²) in [6.07, 6.45) is -4.85. The molecule has 5 heteroatoms. The van der Waals surface area contributed by atoms with Crippen LogP contribution in [0.25, 0.3) is 0 Å². The van der Waals surface area contributed by atoms with Crippen LogP contribution in [0, 0.1) is 0 Å². The van der Waals surface area contributed by atoms with Crippen LogP contribution in [0.1, 0.15) is 0 Å². The second-order valence-corrected chi connectivity index (χ2v) is 1.27. The predicted octanol–water partition coefficient (Wildman–Crippen LogP) is 2.04. The quantitative estimate of drug-likeness (QED) is 0.443. The third kappa shape index (κ3) is 2.73. The number of alkyl halides is 4. The smallest absolute Gasteiger partial charge is 0.225 e. The summed E-state index contributed by atoms with van der Waals surface area (Å²) >= 11 is 3.22. The van der Waals surface area contributed by atoms with Gasteiger partial charge in [-0.15, -0.1) is 0 Å². The Kier molecular flexibility index (Phi) is 1.92. The van der Waals surface area contributed by atoms with Crippen molar-refractivity contribution < 1.29 is 17.6 Å². The van der Waals surface area contributed by atoms with E-state index in [0.717, 1.165) is 0 Å². The van der Waals surface area contributed by atoms with Gasteiger partial charge in [0.1, 0.15) is 0 Å². The summed E-state index contributed by atoms with van der Waals surface area (Å²) in [7, 11) is 0. The summed E-state index contributed by atoms with van der Waals surface area (Å²) in [5.74, 6) is 0. The van der Waals surface area contributed by atoms with E-state index in [0.29, 0.717) is 0 Å². The fraction of sp³-hybridized carbons (Fsp3) is 1.00. The number of hydrogen-bond donors (Lipinski definition) is 0. The van der Waals surface area contributed by atoms with Crippen LogP contribution in [-0.2, 0) is 0 Å². The van der Waals surface area contributed by atoms with Crippen LogP contribution in [0.2, 0.25) is 0 Å². The van der Waals surface area contributed by atoms with Gasteiger partial charge in [-0.2, -0.15) is 13.2 Å². The zero-order chi connectivity index (χ0) is 6.08. The second-order valence-electron chi connectivity index (χ2n) is 0.858. The van der Waals surface area contributed by atoms with Crippen molar-refractivity contribution in [3.05, 3.63) is 0 Å². The molecule has 0 fully saturated rings. The monoisotopic (exact) mass is 133 g/mol. The Morgan fingerprint density at radius 2 is 1.43 bits per heavy atom. The molecule has 1 radical (unpaired) electrons. The van der Waals surface area contributed by atoms with Crippen LogP contribution in [0.3, 0.4) is 0 Å². The molecular weight excluding hydrogens is 132 g/mol. The van der Waals surface area contributed by atoms with Crippen molar-refractivity contribution in [2.45, 2.75) is 11.7 Å². The average Bonchev–Trinajstić information content (AvgIpc) is 1.31. The topological polar surface area (TPSA) is 0 Å². The van der Waals surface area contributed by atoms with E-state index in [-0.39, 0.29) is 0 Å². The highest BCUT2D eigenvalue weighted by Gasteiger charge is 2.37. The van der Waals surface area contributed by atoms with Crippen molar-refractivity contribution in [1.29, 1.82) is 0 Å². The minimum Gasteiger partial charge on any atom is -0.225 e. The first-order chi connectivity index (χ1) is 2.94. The fourth-order valence-electron chi connectivity index (χ4n) is 0. The van der Waals surface area contributed by atoms with Gasteiger partial charge < -0.3 is 0 Å². The maximum atomic E-state index is 10.9. The van der Waals surface area contributed by atoms with Crippen LogP contribution >= 0.6 is 12.6 Å². The largest absolute Gasteiger partial charge is 0.430 e. The van der Waals surface area contributed by atoms with E-state index in [4.69, 9.17) is 0 Å². The van der Waals surface area contributed by atoms with Gasteiger partial charge in [-0.25, -0.2) is 4.39 Å². The highest BCUT2D eigenvalue weighted by atomic mass is 32.1. The fourth-order valence-corrected chi connectivity index (χ4v) is 0. The van der Waals surface area contributed by atoms with E-state index in [1.807, 2.05) is 0 Å². The third-order valence-electron chi connectivity index (χ3n) is 0.257. The van der Waals surface area contributed by atoms with E-state index >= 15 is 0 Å². The average molecular weight is 133 g/mol. The molecule has 7 heavy (non-hydrogen) atoms. The normalized spacial score (nSPS) is 16.7. The Morgan fingerprint density at radius 1 is 1.29 bits per heavy atom. The molecule has 43 valence electrons. The van der Waals surface area contributed by atoms with E-state index in [1.165, 1.54) is 0 Å². The Labute approximate surface area is 42.9 Å². The van der Waals surface area contributed by atoms with Gasteiger partial charge in [-0.05, 0) is 12.6 Å². The zero-order valence-corrected chi connectivity index (χ0v) is 3.81. The van der Waals surface area contributed by atoms with E-state index < -0.39 is 11.7 Å². The number of rotatable bonds is 0. The molecule has 0 aromatic carbocycles. The Morgan fingerprint density at radius 3 is 1.43 bits per heavy atom. The lowest BCUT2D eigenvalue weighted by Crippen LogP contribution is -2.17. The molecular formula is C2HF4S. The van der Waals surface area contributed by atoms with Crippen LogP contribution in [-0.4, -0.2) is 11.7 Å². The van der Waals surface area contributed by atoms with E-state index in [1.54, 1.807) is 0 Å². The molecule has 0 rings (SSSR count). The first kappa shape index (κ1) is 7.07. The predicted molar refractivity (Wildman–Crippen MR) is 18.5 cm³/mol. The molecule has 0 aromatic rings. The van der Waals surface area contributed by atoms with Gasteiger partial charge in [0, 0.05) is 0 Å². The highest BCUT2D eigenvalue weighted by Crippen LogP contribution is 2.24. The first-order valence-electron chi connectivity index (χ1n) is 1.31. The molecule has 0 bridgehead atoms. The Bertz CT molecular complexity index is 55.2. The molecule has 1 atom stereocenters. The van der Waals surface area contributed by atoms with Gasteiger partial charge in [0.2, 0.25) is 0 Å². The molecule has 0 N–H and O–H groups in total. The first-order valence-corrected chi connectivity index (χ1v) is 1.78. The minimum atomic E-state index is -4.85. The van der Waals surface area contributed by atoms with E-state index in [2.05, 4.69) is 12.6 Å². The summed E-state index contributed by atoms with van der Waals surface area (Å²) in [5, 5.41) is 0. The summed E-state index contributed by atoms with van der Waals surface area (Å²) in [6.45, 7) is 0. The lowest BCUT2D eigenvalue weighted by Gasteiger charge is -2.02. The molecule has 0 spiro atoms. The van der Waals surface area contributed by atoms with E-state index in [9.17, 15) is 17.6 Å². The Hall–Kier alpha value is 0.0700. The molecule has 0 aliphatic heterocycles. The molecule has 0 aliphatic rings.